The Morgan fingerprint density at radius 3 is 1.25 bits per heavy atom. The molecule has 0 aromatic rings. The van der Waals surface area contributed by atoms with Crippen LogP contribution < -0.4 is 0 Å². The summed E-state index contributed by atoms with van der Waals surface area (Å²) in [5, 5.41) is 18.3. The quantitative estimate of drug-likeness (QED) is 0.206. The summed E-state index contributed by atoms with van der Waals surface area (Å²) < 4.78 is 8.90. The summed E-state index contributed by atoms with van der Waals surface area (Å²) in [7, 11) is 0. The minimum Gasteiger partial charge on any atom is -0.480 e. The highest BCUT2D eigenvalue weighted by atomic mass is 16.6. The molecule has 0 aromatic heterocycles. The van der Waals surface area contributed by atoms with Crippen LogP contribution in [0.25, 0.3) is 0 Å². The minimum atomic E-state index is -1.07. The molecule has 0 aliphatic carbocycles. The van der Waals surface area contributed by atoms with Gasteiger partial charge in [-0.1, -0.05) is 0 Å². The number of ether oxygens (including phenoxy) is 2. The van der Waals surface area contributed by atoms with Crippen molar-refractivity contribution >= 4 is 35.8 Å². The van der Waals surface area contributed by atoms with Gasteiger partial charge in [-0.15, -0.1) is 0 Å². The van der Waals surface area contributed by atoms with Crippen molar-refractivity contribution in [1.82, 2.24) is 19.6 Å². The van der Waals surface area contributed by atoms with Gasteiger partial charge in [-0.05, 0) is 0 Å². The molecule has 0 saturated carbocycles. The minimum absolute atomic E-state index is 0.0746. The summed E-state index contributed by atoms with van der Waals surface area (Å²) in [5.74, 6) is -4.82. The van der Waals surface area contributed by atoms with Crippen LogP contribution in [0.2, 0.25) is 0 Å². The van der Waals surface area contributed by atoms with Crippen molar-refractivity contribution in [3.8, 4) is 0 Å². The molecule has 0 atom stereocenters. The fourth-order valence-corrected chi connectivity index (χ4v) is 3.31. The lowest BCUT2D eigenvalue weighted by Crippen LogP contribution is -2.49. The highest BCUT2D eigenvalue weighted by Gasteiger charge is 2.26. The number of rotatable bonds is 13. The van der Waals surface area contributed by atoms with Gasteiger partial charge < -0.3 is 19.7 Å². The number of hydrogen-bond acceptors (Lipinski definition) is 12. The molecular weight excluding hydrogens is 432 g/mol. The largest absolute Gasteiger partial charge is 0.480 e. The van der Waals surface area contributed by atoms with Gasteiger partial charge in [0.1, 0.15) is 0 Å². The summed E-state index contributed by atoms with van der Waals surface area (Å²) in [6, 6.07) is 0. The number of nitrogens with zero attached hydrogens (tertiary/aromatic N) is 4. The maximum absolute atomic E-state index is 11.4. The SMILES string of the molecule is O=C(O)CN(CCN(CCN1CC(=O)OC(=O)C1)CC(=O)O)CCN1CC(=O)OC(=O)C1. The molecule has 178 valence electrons. The van der Waals surface area contributed by atoms with E-state index in [2.05, 4.69) is 9.47 Å². The van der Waals surface area contributed by atoms with E-state index in [1.54, 1.807) is 19.6 Å². The molecule has 0 spiro atoms. The first-order valence-electron chi connectivity index (χ1n) is 9.90. The number of carboxylic acids is 2. The average molecular weight is 458 g/mol. The first-order valence-corrected chi connectivity index (χ1v) is 9.90. The van der Waals surface area contributed by atoms with E-state index in [4.69, 9.17) is 10.2 Å². The van der Waals surface area contributed by atoms with Crippen LogP contribution in [0.15, 0.2) is 0 Å². The third-order valence-electron chi connectivity index (χ3n) is 4.78. The molecular formula is C18H26N4O10. The first kappa shape index (κ1) is 25.3. The fourth-order valence-electron chi connectivity index (χ4n) is 3.31. The summed E-state index contributed by atoms with van der Waals surface area (Å²) in [6.07, 6.45) is 0. The van der Waals surface area contributed by atoms with Gasteiger partial charge in [0.2, 0.25) is 0 Å². The molecule has 2 fully saturated rings. The van der Waals surface area contributed by atoms with Crippen LogP contribution in [0, 0.1) is 0 Å². The smallest absolute Gasteiger partial charge is 0.327 e. The van der Waals surface area contributed by atoms with Gasteiger partial charge in [0.05, 0.1) is 39.3 Å². The lowest BCUT2D eigenvalue weighted by Gasteiger charge is -2.30. The van der Waals surface area contributed by atoms with E-state index in [1.165, 1.54) is 0 Å². The Balaban J connectivity index is 1.87. The molecule has 0 amide bonds. The molecule has 0 bridgehead atoms. The predicted octanol–water partition coefficient (Wildman–Crippen LogP) is -3.47. The van der Waals surface area contributed by atoms with Crippen LogP contribution in [-0.2, 0) is 38.2 Å². The second kappa shape index (κ2) is 12.2. The van der Waals surface area contributed by atoms with Crippen LogP contribution >= 0.6 is 0 Å². The fraction of sp³-hybridized carbons (Fsp3) is 0.667. The standard InChI is InChI=1S/C18H26N4O10/c23-13(24)7-19(3-5-21-9-15(27)31-16(28)10-21)1-2-20(8-14(25)26)4-6-22-11-17(29)32-18(30)12-22/h1-12H2,(H,23,24)(H,25,26). The molecule has 32 heavy (non-hydrogen) atoms. The number of carbonyl (C=O) groups excluding carboxylic acids is 4. The maximum atomic E-state index is 11.4. The zero-order chi connectivity index (χ0) is 23.7. The van der Waals surface area contributed by atoms with E-state index in [1.807, 2.05) is 0 Å². The molecule has 2 aliphatic rings. The van der Waals surface area contributed by atoms with E-state index in [9.17, 15) is 28.8 Å². The maximum Gasteiger partial charge on any atom is 0.327 e. The van der Waals surface area contributed by atoms with Crippen molar-refractivity contribution in [1.29, 1.82) is 0 Å². The third kappa shape index (κ3) is 9.47. The van der Waals surface area contributed by atoms with Crippen LogP contribution in [0.3, 0.4) is 0 Å². The molecule has 2 rings (SSSR count). The van der Waals surface area contributed by atoms with Crippen LogP contribution in [0.4, 0.5) is 0 Å². The molecule has 14 nitrogen and oxygen atoms in total. The summed E-state index contributed by atoms with van der Waals surface area (Å²) in [6.45, 7) is 0.502. The van der Waals surface area contributed by atoms with E-state index >= 15 is 0 Å². The molecule has 2 aliphatic heterocycles. The topological polar surface area (TPSA) is 174 Å². The number of esters is 4. The Hall–Kier alpha value is -2.94. The lowest BCUT2D eigenvalue weighted by molar-refractivity contribution is -0.168. The Bertz CT molecular complexity index is 664. The Morgan fingerprint density at radius 1 is 0.656 bits per heavy atom. The number of cyclic esters (lactones) is 4. The van der Waals surface area contributed by atoms with Crippen LogP contribution in [0.1, 0.15) is 0 Å². The molecule has 0 radical (unpaired) electrons. The molecule has 0 unspecified atom stereocenters. The van der Waals surface area contributed by atoms with E-state index in [-0.39, 0.29) is 78.5 Å². The van der Waals surface area contributed by atoms with E-state index in [0.717, 1.165) is 0 Å². The Labute approximate surface area is 183 Å². The molecule has 2 heterocycles. The first-order chi connectivity index (χ1) is 15.1. The van der Waals surface area contributed by atoms with Crippen LogP contribution in [-0.4, -0.2) is 144 Å². The Kier molecular flexibility index (Phi) is 9.64. The number of carboxylic acid groups (broad SMARTS) is 2. The van der Waals surface area contributed by atoms with Crippen molar-refractivity contribution in [3.63, 3.8) is 0 Å². The lowest BCUT2D eigenvalue weighted by atomic mass is 10.3. The van der Waals surface area contributed by atoms with Gasteiger partial charge >= 0.3 is 35.8 Å². The number of aliphatic carboxylic acids is 2. The predicted molar refractivity (Wildman–Crippen MR) is 103 cm³/mol. The number of carbonyl (C=O) groups is 6. The second-order valence-corrected chi connectivity index (χ2v) is 7.45. The zero-order valence-electron chi connectivity index (χ0n) is 17.4. The van der Waals surface area contributed by atoms with E-state index < -0.39 is 35.8 Å². The van der Waals surface area contributed by atoms with Gasteiger partial charge in [-0.3, -0.25) is 48.4 Å². The van der Waals surface area contributed by atoms with Crippen molar-refractivity contribution in [3.05, 3.63) is 0 Å². The van der Waals surface area contributed by atoms with Crippen molar-refractivity contribution < 1.29 is 48.5 Å². The molecule has 2 saturated heterocycles. The van der Waals surface area contributed by atoms with Gasteiger partial charge in [0.25, 0.3) is 0 Å². The molecule has 0 aromatic carbocycles. The highest BCUT2D eigenvalue weighted by Crippen LogP contribution is 2.03. The van der Waals surface area contributed by atoms with Gasteiger partial charge in [0.15, 0.2) is 0 Å². The monoisotopic (exact) mass is 458 g/mol. The van der Waals surface area contributed by atoms with Crippen LogP contribution in [0.5, 0.6) is 0 Å². The molecule has 2 N–H and O–H groups in total. The third-order valence-corrected chi connectivity index (χ3v) is 4.78. The van der Waals surface area contributed by atoms with Gasteiger partial charge in [0, 0.05) is 39.3 Å². The van der Waals surface area contributed by atoms with Gasteiger partial charge in [-0.2, -0.15) is 0 Å². The second-order valence-electron chi connectivity index (χ2n) is 7.45. The highest BCUT2D eigenvalue weighted by molar-refractivity contribution is 5.90. The van der Waals surface area contributed by atoms with Crippen molar-refractivity contribution in [2.75, 3.05) is 78.5 Å². The number of morpholine rings is 2. The summed E-state index contributed by atoms with van der Waals surface area (Å²) >= 11 is 0. The zero-order valence-corrected chi connectivity index (χ0v) is 17.4. The average Bonchev–Trinajstić information content (AvgIpc) is 2.65. The number of hydrogen-bond donors (Lipinski definition) is 2. The van der Waals surface area contributed by atoms with Crippen molar-refractivity contribution in [2.45, 2.75) is 0 Å². The molecule has 14 heteroatoms. The summed E-state index contributed by atoms with van der Waals surface area (Å²) in [5.41, 5.74) is 0. The Morgan fingerprint density at radius 2 is 0.969 bits per heavy atom. The van der Waals surface area contributed by atoms with Crippen molar-refractivity contribution in [2.24, 2.45) is 0 Å². The summed E-state index contributed by atoms with van der Waals surface area (Å²) in [4.78, 5) is 74.1. The van der Waals surface area contributed by atoms with E-state index in [0.29, 0.717) is 0 Å². The normalized spacial score (nSPS) is 18.2. The van der Waals surface area contributed by atoms with Gasteiger partial charge in [-0.25, -0.2) is 0 Å².